The van der Waals surface area contributed by atoms with Crippen molar-refractivity contribution in [2.75, 3.05) is 44.8 Å². The highest BCUT2D eigenvalue weighted by atomic mass is 32.1. The summed E-state index contributed by atoms with van der Waals surface area (Å²) in [6, 6.07) is 4.37. The molecule has 1 atom stereocenters. The maximum Gasteiger partial charge on any atom is 0.225 e. The molecule has 1 fully saturated rings. The molecule has 0 aliphatic carbocycles. The molecule has 0 aromatic carbocycles. The van der Waals surface area contributed by atoms with E-state index in [4.69, 9.17) is 9.72 Å². The fourth-order valence-electron chi connectivity index (χ4n) is 3.11. The minimum atomic E-state index is -0.0154. The lowest BCUT2D eigenvalue weighted by molar-refractivity contribution is -0.116. The molecule has 0 spiro atoms. The van der Waals surface area contributed by atoms with Crippen LogP contribution in [0.2, 0.25) is 0 Å². The number of pyridine rings is 1. The molecule has 1 unspecified atom stereocenters. The molecule has 8 heteroatoms. The fraction of sp³-hybridized carbons (Fsp3) is 0.500. The zero-order valence-electron chi connectivity index (χ0n) is 15.2. The van der Waals surface area contributed by atoms with Gasteiger partial charge in [0.05, 0.1) is 18.8 Å². The van der Waals surface area contributed by atoms with Crippen molar-refractivity contribution in [3.63, 3.8) is 0 Å². The monoisotopic (exact) mass is 375 g/mol. The van der Waals surface area contributed by atoms with Crippen molar-refractivity contribution in [2.24, 2.45) is 0 Å². The van der Waals surface area contributed by atoms with Crippen molar-refractivity contribution >= 4 is 22.4 Å². The highest BCUT2D eigenvalue weighted by Crippen LogP contribution is 2.26. The molecular formula is C18H25N5O2S. The number of nitrogens with one attached hydrogen (secondary N) is 1. The fourth-order valence-corrected chi connectivity index (χ4v) is 3.99. The van der Waals surface area contributed by atoms with E-state index in [1.54, 1.807) is 25.1 Å². The van der Waals surface area contributed by atoms with E-state index in [-0.39, 0.29) is 11.9 Å². The van der Waals surface area contributed by atoms with Crippen molar-refractivity contribution in [1.82, 2.24) is 20.2 Å². The zero-order chi connectivity index (χ0) is 18.4. The van der Waals surface area contributed by atoms with Gasteiger partial charge in [0.2, 0.25) is 5.91 Å². The Kier molecular flexibility index (Phi) is 6.67. The predicted molar refractivity (Wildman–Crippen MR) is 102 cm³/mol. The first kappa shape index (κ1) is 18.9. The Morgan fingerprint density at radius 1 is 1.54 bits per heavy atom. The first-order valence-corrected chi connectivity index (χ1v) is 9.63. The molecule has 3 heterocycles. The van der Waals surface area contributed by atoms with Gasteiger partial charge in [0.25, 0.3) is 0 Å². The summed E-state index contributed by atoms with van der Waals surface area (Å²) in [7, 11) is 1.63. The van der Waals surface area contributed by atoms with Gasteiger partial charge < -0.3 is 10.1 Å². The number of carbonyl (C=O) groups is 1. The molecule has 0 radical (unpaired) electrons. The van der Waals surface area contributed by atoms with E-state index in [0.29, 0.717) is 13.2 Å². The number of anilines is 1. The summed E-state index contributed by atoms with van der Waals surface area (Å²) in [5.74, 6) is -0.0154. The molecule has 3 rings (SSSR count). The van der Waals surface area contributed by atoms with Gasteiger partial charge in [-0.05, 0) is 11.6 Å². The Morgan fingerprint density at radius 2 is 2.42 bits per heavy atom. The highest BCUT2D eigenvalue weighted by Gasteiger charge is 2.25. The Morgan fingerprint density at radius 3 is 3.15 bits per heavy atom. The topological polar surface area (TPSA) is 70.6 Å². The van der Waals surface area contributed by atoms with Gasteiger partial charge in [0.15, 0.2) is 5.13 Å². The van der Waals surface area contributed by atoms with Crippen LogP contribution in [0.25, 0.3) is 0 Å². The molecule has 140 valence electrons. The normalized spacial score (nSPS) is 18.0. The van der Waals surface area contributed by atoms with E-state index in [1.165, 1.54) is 16.9 Å². The van der Waals surface area contributed by atoms with E-state index >= 15 is 0 Å². The van der Waals surface area contributed by atoms with Gasteiger partial charge in [-0.3, -0.25) is 19.6 Å². The largest absolute Gasteiger partial charge is 0.383 e. The summed E-state index contributed by atoms with van der Waals surface area (Å²) in [5.41, 5.74) is 2.20. The summed E-state index contributed by atoms with van der Waals surface area (Å²) in [4.78, 5) is 24.9. The Bertz CT molecular complexity index is 709. The molecule has 1 amide bonds. The first-order valence-electron chi connectivity index (χ1n) is 8.75. The standard InChI is InChI=1S/C18H25N5O2S/c1-14(24)23(8-9-25-2)18-21-16(13-26-18)12-22-7-6-20-11-17(22)15-4-3-5-19-10-15/h3-5,10,13,17,20H,6-9,11-12H2,1-2H3. The van der Waals surface area contributed by atoms with E-state index in [0.717, 1.165) is 37.0 Å². The summed E-state index contributed by atoms with van der Waals surface area (Å²) >= 11 is 1.51. The van der Waals surface area contributed by atoms with Crippen molar-refractivity contribution in [1.29, 1.82) is 0 Å². The number of methoxy groups -OCH3 is 1. The Balaban J connectivity index is 1.71. The number of piperazine rings is 1. The van der Waals surface area contributed by atoms with Crippen LogP contribution in [0.3, 0.4) is 0 Å². The molecule has 26 heavy (non-hydrogen) atoms. The average molecular weight is 375 g/mol. The number of hydrogen-bond acceptors (Lipinski definition) is 7. The SMILES string of the molecule is COCCN(C(C)=O)c1nc(CN2CCNCC2c2cccnc2)cs1. The molecule has 1 saturated heterocycles. The third-order valence-corrected chi connectivity index (χ3v) is 5.37. The van der Waals surface area contributed by atoms with Crippen LogP contribution in [0.5, 0.6) is 0 Å². The molecule has 7 nitrogen and oxygen atoms in total. The van der Waals surface area contributed by atoms with E-state index < -0.39 is 0 Å². The lowest BCUT2D eigenvalue weighted by Crippen LogP contribution is -2.45. The Labute approximate surface area is 158 Å². The van der Waals surface area contributed by atoms with E-state index in [9.17, 15) is 4.79 Å². The lowest BCUT2D eigenvalue weighted by Gasteiger charge is -2.35. The van der Waals surface area contributed by atoms with Crippen molar-refractivity contribution in [3.05, 3.63) is 41.2 Å². The molecule has 2 aromatic rings. The number of rotatable bonds is 7. The summed E-state index contributed by atoms with van der Waals surface area (Å²) < 4.78 is 5.10. The van der Waals surface area contributed by atoms with Crippen molar-refractivity contribution in [2.45, 2.75) is 19.5 Å². The van der Waals surface area contributed by atoms with Gasteiger partial charge in [0, 0.05) is 64.0 Å². The molecule has 0 saturated carbocycles. The Hall–Kier alpha value is -1.87. The van der Waals surface area contributed by atoms with Crippen LogP contribution >= 0.6 is 11.3 Å². The van der Waals surface area contributed by atoms with Crippen LogP contribution in [0.4, 0.5) is 5.13 Å². The number of aromatic nitrogens is 2. The van der Waals surface area contributed by atoms with Gasteiger partial charge in [-0.25, -0.2) is 4.98 Å². The molecule has 0 bridgehead atoms. The second kappa shape index (κ2) is 9.18. The quantitative estimate of drug-likeness (QED) is 0.794. The van der Waals surface area contributed by atoms with Crippen LogP contribution in [-0.4, -0.2) is 60.7 Å². The number of ether oxygens (including phenoxy) is 1. The molecule has 1 aliphatic rings. The third kappa shape index (κ3) is 4.64. The zero-order valence-corrected chi connectivity index (χ0v) is 16.0. The van der Waals surface area contributed by atoms with Crippen LogP contribution in [0.15, 0.2) is 29.9 Å². The average Bonchev–Trinajstić information content (AvgIpc) is 3.11. The third-order valence-electron chi connectivity index (χ3n) is 4.46. The van der Waals surface area contributed by atoms with Gasteiger partial charge in [0.1, 0.15) is 0 Å². The first-order chi connectivity index (χ1) is 12.7. The van der Waals surface area contributed by atoms with E-state index in [2.05, 4.69) is 21.3 Å². The molecule has 1 aliphatic heterocycles. The van der Waals surface area contributed by atoms with Gasteiger partial charge in [-0.2, -0.15) is 0 Å². The van der Waals surface area contributed by atoms with Crippen molar-refractivity contribution in [3.8, 4) is 0 Å². The maximum atomic E-state index is 11.9. The smallest absolute Gasteiger partial charge is 0.225 e. The summed E-state index contributed by atoms with van der Waals surface area (Å²) in [6.07, 6.45) is 3.73. The molecule has 2 aromatic heterocycles. The summed E-state index contributed by atoms with van der Waals surface area (Å²) in [6.45, 7) is 6.14. The maximum absolute atomic E-state index is 11.9. The summed E-state index contributed by atoms with van der Waals surface area (Å²) in [5, 5.41) is 6.23. The van der Waals surface area contributed by atoms with Crippen LogP contribution in [0, 0.1) is 0 Å². The lowest BCUT2D eigenvalue weighted by atomic mass is 10.1. The van der Waals surface area contributed by atoms with Gasteiger partial charge >= 0.3 is 0 Å². The molecular weight excluding hydrogens is 350 g/mol. The second-order valence-electron chi connectivity index (χ2n) is 6.26. The van der Waals surface area contributed by atoms with Crippen LogP contribution in [-0.2, 0) is 16.1 Å². The van der Waals surface area contributed by atoms with Crippen LogP contribution in [0.1, 0.15) is 24.2 Å². The number of hydrogen-bond donors (Lipinski definition) is 1. The number of carbonyl (C=O) groups excluding carboxylic acids is 1. The predicted octanol–water partition coefficient (Wildman–Crippen LogP) is 1.68. The molecule has 1 N–H and O–H groups in total. The van der Waals surface area contributed by atoms with Gasteiger partial charge in [-0.15, -0.1) is 11.3 Å². The number of amides is 1. The minimum absolute atomic E-state index is 0.0154. The second-order valence-corrected chi connectivity index (χ2v) is 7.10. The number of thiazole rings is 1. The minimum Gasteiger partial charge on any atom is -0.383 e. The number of nitrogens with zero attached hydrogens (tertiary/aromatic N) is 4. The van der Waals surface area contributed by atoms with Gasteiger partial charge in [-0.1, -0.05) is 6.07 Å². The van der Waals surface area contributed by atoms with Crippen molar-refractivity contribution < 1.29 is 9.53 Å². The highest BCUT2D eigenvalue weighted by molar-refractivity contribution is 7.14. The van der Waals surface area contributed by atoms with E-state index in [1.807, 2.05) is 17.6 Å². The van der Waals surface area contributed by atoms with Crippen LogP contribution < -0.4 is 10.2 Å².